The average Bonchev–Trinajstić information content (AvgIpc) is 3.04. The van der Waals surface area contributed by atoms with Crippen molar-refractivity contribution < 1.29 is 18.1 Å². The second kappa shape index (κ2) is 10.8. The third-order valence-electron chi connectivity index (χ3n) is 7.33. The maximum absolute atomic E-state index is 13.3. The van der Waals surface area contributed by atoms with Gasteiger partial charge < -0.3 is 10.1 Å². The van der Waals surface area contributed by atoms with E-state index in [1.54, 1.807) is 18.2 Å². The highest BCUT2D eigenvalue weighted by molar-refractivity contribution is 7.92. The van der Waals surface area contributed by atoms with Crippen LogP contribution in [0.25, 0.3) is 11.0 Å². The number of para-hydroxylation sites is 4. The first kappa shape index (κ1) is 27.0. The number of nitro groups is 1. The van der Waals surface area contributed by atoms with Gasteiger partial charge in [0.1, 0.15) is 11.5 Å². The van der Waals surface area contributed by atoms with Crippen molar-refractivity contribution >= 4 is 44.1 Å². The summed E-state index contributed by atoms with van der Waals surface area (Å²) in [6.07, 6.45) is 0. The summed E-state index contributed by atoms with van der Waals surface area (Å²) in [7, 11) is -4.24. The van der Waals surface area contributed by atoms with Gasteiger partial charge in [-0.2, -0.15) is 0 Å². The van der Waals surface area contributed by atoms with Crippen LogP contribution in [0.1, 0.15) is 22.6 Å². The van der Waals surface area contributed by atoms with Gasteiger partial charge in [0.15, 0.2) is 11.6 Å². The molecule has 0 saturated carbocycles. The van der Waals surface area contributed by atoms with E-state index in [1.807, 2.05) is 66.7 Å². The second-order valence-electron chi connectivity index (χ2n) is 10.1. The number of benzene rings is 5. The van der Waals surface area contributed by atoms with Gasteiger partial charge in [-0.05, 0) is 48.0 Å². The molecule has 1 aliphatic rings. The Hall–Kier alpha value is -5.81. The lowest BCUT2D eigenvalue weighted by atomic mass is 9.82. The van der Waals surface area contributed by atoms with Crippen LogP contribution >= 0.6 is 0 Å². The molecule has 7 rings (SSSR count). The van der Waals surface area contributed by atoms with Crippen molar-refractivity contribution in [2.24, 2.45) is 0 Å². The first-order valence-electron chi connectivity index (χ1n) is 13.6. The number of hydrogen-bond acceptors (Lipinski definition) is 8. The fraction of sp³-hybridized carbons (Fsp3) is 0.0303. The Labute approximate surface area is 252 Å². The average molecular weight is 602 g/mol. The molecule has 216 valence electrons. The quantitative estimate of drug-likeness (QED) is 0.143. The van der Waals surface area contributed by atoms with Crippen LogP contribution in [0.3, 0.4) is 0 Å². The molecule has 1 aliphatic heterocycles. The lowest BCUT2D eigenvalue weighted by molar-refractivity contribution is -0.385. The Kier molecular flexibility index (Phi) is 6.63. The molecule has 5 aromatic carbocycles. The number of aromatic nitrogens is 2. The van der Waals surface area contributed by atoms with Crippen molar-refractivity contribution in [3.8, 4) is 11.5 Å². The zero-order valence-corrected chi connectivity index (χ0v) is 23.7. The molecular formula is C33H23N5O5S. The van der Waals surface area contributed by atoms with E-state index in [0.717, 1.165) is 34.3 Å². The molecular weight excluding hydrogens is 578 g/mol. The van der Waals surface area contributed by atoms with E-state index in [1.165, 1.54) is 18.2 Å². The fourth-order valence-corrected chi connectivity index (χ4v) is 6.32. The first-order valence-corrected chi connectivity index (χ1v) is 15.1. The molecule has 0 atom stereocenters. The highest BCUT2D eigenvalue weighted by atomic mass is 32.2. The van der Waals surface area contributed by atoms with Crippen molar-refractivity contribution in [3.05, 3.63) is 148 Å². The Morgan fingerprint density at radius 2 is 1.30 bits per heavy atom. The highest BCUT2D eigenvalue weighted by Gasteiger charge is 2.28. The highest BCUT2D eigenvalue weighted by Crippen LogP contribution is 2.47. The van der Waals surface area contributed by atoms with Gasteiger partial charge >= 0.3 is 0 Å². The zero-order chi connectivity index (χ0) is 30.3. The smallest absolute Gasteiger partial charge is 0.270 e. The number of nitrogens with zero attached hydrogens (tertiary/aromatic N) is 3. The normalized spacial score (nSPS) is 12.5. The van der Waals surface area contributed by atoms with Gasteiger partial charge in [0, 0.05) is 34.9 Å². The number of hydrogen-bond donors (Lipinski definition) is 2. The molecule has 0 bridgehead atoms. The Balaban J connectivity index is 1.23. The van der Waals surface area contributed by atoms with Crippen LogP contribution < -0.4 is 14.8 Å². The standard InChI is InChI=1S/C33H23N5O5S/c39-38(40)23-8-7-9-24(20-23)44(41,42)37-33-32(35-27-12-3-4-13-28(27)36-33)34-22-18-16-21(17-19-22)31-25-10-1-5-14-29(25)43-30-15-6-2-11-26(30)31/h1-20,31H,(H,34,35)(H,36,37). The molecule has 0 aliphatic carbocycles. The zero-order valence-electron chi connectivity index (χ0n) is 22.9. The summed E-state index contributed by atoms with van der Waals surface area (Å²) in [5.41, 5.74) is 4.51. The summed E-state index contributed by atoms with van der Waals surface area (Å²) in [4.78, 5) is 19.5. The number of sulfonamides is 1. The predicted molar refractivity (Wildman–Crippen MR) is 167 cm³/mol. The van der Waals surface area contributed by atoms with Gasteiger partial charge in [-0.1, -0.05) is 66.7 Å². The lowest BCUT2D eigenvalue weighted by Gasteiger charge is -2.28. The molecule has 0 spiro atoms. The van der Waals surface area contributed by atoms with Gasteiger partial charge in [-0.15, -0.1) is 0 Å². The minimum atomic E-state index is -4.24. The topological polar surface area (TPSA) is 136 Å². The number of nitro benzene ring substituents is 1. The predicted octanol–water partition coefficient (Wildman–Crippen LogP) is 7.37. The maximum atomic E-state index is 13.3. The minimum Gasteiger partial charge on any atom is -0.457 e. The van der Waals surface area contributed by atoms with E-state index in [4.69, 9.17) is 4.74 Å². The lowest BCUT2D eigenvalue weighted by Crippen LogP contribution is -2.16. The van der Waals surface area contributed by atoms with Crippen LogP contribution in [0.5, 0.6) is 11.5 Å². The van der Waals surface area contributed by atoms with Crippen LogP contribution in [0, 0.1) is 10.1 Å². The summed E-state index contributed by atoms with van der Waals surface area (Å²) in [6, 6.07) is 35.6. The Morgan fingerprint density at radius 1 is 0.705 bits per heavy atom. The molecule has 0 fully saturated rings. The summed E-state index contributed by atoms with van der Waals surface area (Å²) in [5.74, 6) is 1.71. The van der Waals surface area contributed by atoms with E-state index in [0.29, 0.717) is 16.7 Å². The largest absolute Gasteiger partial charge is 0.457 e. The molecule has 0 amide bonds. The molecule has 0 unspecified atom stereocenters. The first-order chi connectivity index (χ1) is 21.4. The Bertz CT molecular complexity index is 2130. The van der Waals surface area contributed by atoms with Crippen molar-refractivity contribution in [1.82, 2.24) is 9.97 Å². The van der Waals surface area contributed by atoms with E-state index >= 15 is 0 Å². The summed E-state index contributed by atoms with van der Waals surface area (Å²) in [6.45, 7) is 0. The number of non-ortho nitro benzene ring substituents is 1. The molecule has 0 radical (unpaired) electrons. The second-order valence-corrected chi connectivity index (χ2v) is 11.8. The van der Waals surface area contributed by atoms with Crippen LogP contribution in [-0.4, -0.2) is 23.3 Å². The maximum Gasteiger partial charge on any atom is 0.270 e. The molecule has 0 saturated heterocycles. The Morgan fingerprint density at radius 3 is 1.93 bits per heavy atom. The van der Waals surface area contributed by atoms with Crippen molar-refractivity contribution in [1.29, 1.82) is 0 Å². The minimum absolute atomic E-state index is 0.0389. The number of ether oxygens (including phenoxy) is 1. The van der Waals surface area contributed by atoms with Crippen molar-refractivity contribution in [3.63, 3.8) is 0 Å². The third-order valence-corrected chi connectivity index (χ3v) is 8.66. The molecule has 44 heavy (non-hydrogen) atoms. The van der Waals surface area contributed by atoms with Gasteiger partial charge in [-0.3, -0.25) is 14.8 Å². The van der Waals surface area contributed by atoms with Crippen molar-refractivity contribution in [2.45, 2.75) is 10.8 Å². The van der Waals surface area contributed by atoms with Gasteiger partial charge in [-0.25, -0.2) is 18.4 Å². The van der Waals surface area contributed by atoms with Crippen LogP contribution in [0.2, 0.25) is 0 Å². The van der Waals surface area contributed by atoms with Crippen LogP contribution in [0.15, 0.2) is 126 Å². The number of fused-ring (bicyclic) bond motifs is 3. The van der Waals surface area contributed by atoms with E-state index < -0.39 is 14.9 Å². The summed E-state index contributed by atoms with van der Waals surface area (Å²) < 4.78 is 35.2. The third kappa shape index (κ3) is 5.05. The number of rotatable bonds is 7. The van der Waals surface area contributed by atoms with Crippen LogP contribution in [0.4, 0.5) is 23.0 Å². The summed E-state index contributed by atoms with van der Waals surface area (Å²) >= 11 is 0. The molecule has 2 N–H and O–H groups in total. The monoisotopic (exact) mass is 601 g/mol. The molecule has 1 aromatic heterocycles. The summed E-state index contributed by atoms with van der Waals surface area (Å²) in [5, 5.41) is 14.4. The molecule has 2 heterocycles. The van der Waals surface area contributed by atoms with E-state index in [2.05, 4.69) is 32.1 Å². The fourth-order valence-electron chi connectivity index (χ4n) is 5.27. The van der Waals surface area contributed by atoms with Gasteiger partial charge in [0.05, 0.1) is 20.9 Å². The van der Waals surface area contributed by atoms with E-state index in [9.17, 15) is 18.5 Å². The number of nitrogens with one attached hydrogen (secondary N) is 2. The van der Waals surface area contributed by atoms with Gasteiger partial charge in [0.25, 0.3) is 15.7 Å². The van der Waals surface area contributed by atoms with Gasteiger partial charge in [0.2, 0.25) is 0 Å². The molecule has 11 heteroatoms. The van der Waals surface area contributed by atoms with E-state index in [-0.39, 0.29) is 28.1 Å². The molecule has 10 nitrogen and oxygen atoms in total. The van der Waals surface area contributed by atoms with Crippen molar-refractivity contribution in [2.75, 3.05) is 10.0 Å². The number of anilines is 3. The van der Waals surface area contributed by atoms with Crippen LogP contribution in [-0.2, 0) is 10.0 Å². The SMILES string of the molecule is O=[N+]([O-])c1cccc(S(=O)(=O)Nc2nc3ccccc3nc2Nc2ccc(C3c4ccccc4Oc4ccccc43)cc2)c1. The molecule has 6 aromatic rings.